The molecule has 4 rings (SSSR count). The van der Waals surface area contributed by atoms with E-state index in [1.54, 1.807) is 0 Å². The second kappa shape index (κ2) is 5.06. The Hall–Kier alpha value is -1.60. The van der Waals surface area contributed by atoms with Gasteiger partial charge in [0.15, 0.2) is 0 Å². The average Bonchev–Trinajstić information content (AvgIpc) is 3.13. The van der Waals surface area contributed by atoms with Crippen LogP contribution < -0.4 is 0 Å². The maximum Gasteiger partial charge on any atom is 0.0607 e. The van der Waals surface area contributed by atoms with E-state index in [4.69, 9.17) is 0 Å². The van der Waals surface area contributed by atoms with Crippen molar-refractivity contribution in [1.29, 1.82) is 0 Å². The summed E-state index contributed by atoms with van der Waals surface area (Å²) in [6.45, 7) is 2.50. The molecule has 2 aliphatic rings. The van der Waals surface area contributed by atoms with Gasteiger partial charge >= 0.3 is 0 Å². The lowest BCUT2D eigenvalue weighted by Gasteiger charge is -2.35. The van der Waals surface area contributed by atoms with Crippen molar-refractivity contribution in [1.82, 2.24) is 4.90 Å². The molecule has 2 aromatic carbocycles. The molecule has 0 amide bonds. The molecular formula is C19H20N. The fourth-order valence-electron chi connectivity index (χ4n) is 3.87. The van der Waals surface area contributed by atoms with Crippen LogP contribution >= 0.6 is 0 Å². The largest absolute Gasteiger partial charge is 0.285 e. The smallest absolute Gasteiger partial charge is 0.0607 e. The molecule has 2 atom stereocenters. The van der Waals surface area contributed by atoms with Gasteiger partial charge in [-0.2, -0.15) is 0 Å². The minimum absolute atomic E-state index is 0.382. The first-order valence-corrected chi connectivity index (χ1v) is 7.64. The zero-order valence-electron chi connectivity index (χ0n) is 11.7. The van der Waals surface area contributed by atoms with E-state index < -0.39 is 0 Å². The molecule has 0 aromatic heterocycles. The number of likely N-dealkylation sites (tertiary alicyclic amines) is 1. The predicted octanol–water partition coefficient (Wildman–Crippen LogP) is 4.42. The van der Waals surface area contributed by atoms with Crippen molar-refractivity contribution in [2.75, 3.05) is 0 Å². The third-order valence-corrected chi connectivity index (χ3v) is 4.78. The van der Waals surface area contributed by atoms with E-state index in [-0.39, 0.29) is 0 Å². The molecule has 2 aromatic rings. The number of hydrogen-bond donors (Lipinski definition) is 0. The summed E-state index contributed by atoms with van der Waals surface area (Å²) in [4.78, 5) is 2.62. The highest BCUT2D eigenvalue weighted by atomic mass is 15.2. The van der Waals surface area contributed by atoms with Crippen molar-refractivity contribution >= 4 is 0 Å². The number of rotatable bonds is 3. The van der Waals surface area contributed by atoms with Crippen LogP contribution in [0.15, 0.2) is 60.7 Å². The summed E-state index contributed by atoms with van der Waals surface area (Å²) in [5.41, 5.74) is 2.81. The van der Waals surface area contributed by atoms with Gasteiger partial charge in [-0.3, -0.25) is 4.90 Å². The van der Waals surface area contributed by atoms with Crippen molar-refractivity contribution in [3.05, 3.63) is 78.3 Å². The van der Waals surface area contributed by atoms with E-state index in [2.05, 4.69) is 72.1 Å². The van der Waals surface area contributed by atoms with Crippen LogP contribution in [0.25, 0.3) is 0 Å². The minimum atomic E-state index is 0.382. The maximum atomic E-state index is 2.62. The third-order valence-electron chi connectivity index (χ3n) is 4.78. The summed E-state index contributed by atoms with van der Waals surface area (Å²) < 4.78 is 0. The quantitative estimate of drug-likeness (QED) is 0.791. The molecule has 2 unspecified atom stereocenters. The van der Waals surface area contributed by atoms with Crippen LogP contribution in [0, 0.1) is 12.5 Å². The number of fused-ring (bicyclic) bond motifs is 2. The first-order chi connectivity index (χ1) is 9.92. The molecule has 1 heterocycles. The average molecular weight is 262 g/mol. The highest BCUT2D eigenvalue weighted by molar-refractivity contribution is 5.33. The van der Waals surface area contributed by atoms with Gasteiger partial charge in [0.1, 0.15) is 0 Å². The van der Waals surface area contributed by atoms with E-state index >= 15 is 0 Å². The van der Waals surface area contributed by atoms with Gasteiger partial charge in [-0.05, 0) is 36.3 Å². The zero-order valence-corrected chi connectivity index (χ0v) is 11.7. The highest BCUT2D eigenvalue weighted by Gasteiger charge is 2.42. The van der Waals surface area contributed by atoms with Crippen molar-refractivity contribution in [2.24, 2.45) is 5.92 Å². The summed E-state index contributed by atoms with van der Waals surface area (Å²) >= 11 is 0. The number of hydrogen-bond acceptors (Lipinski definition) is 1. The van der Waals surface area contributed by atoms with Gasteiger partial charge in [0.05, 0.1) is 6.04 Å². The van der Waals surface area contributed by atoms with Crippen LogP contribution in [0.5, 0.6) is 0 Å². The van der Waals surface area contributed by atoms with Crippen molar-refractivity contribution < 1.29 is 0 Å². The molecule has 1 heteroatoms. The molecule has 1 aliphatic heterocycles. The number of benzene rings is 2. The van der Waals surface area contributed by atoms with Gasteiger partial charge in [-0.1, -0.05) is 60.7 Å². The Morgan fingerprint density at radius 3 is 1.85 bits per heavy atom. The topological polar surface area (TPSA) is 3.24 Å². The number of piperidine rings is 1. The van der Waals surface area contributed by atoms with Crippen LogP contribution in [0.4, 0.5) is 0 Å². The summed E-state index contributed by atoms with van der Waals surface area (Å²) in [5.74, 6) is 0.815. The SMILES string of the molecule is [CH]1C2CCC(C2)N1C(c1ccccc1)c1ccccc1. The van der Waals surface area contributed by atoms with Crippen molar-refractivity contribution in [3.63, 3.8) is 0 Å². The second-order valence-corrected chi connectivity index (χ2v) is 6.05. The molecular weight excluding hydrogens is 242 g/mol. The molecule has 2 bridgehead atoms. The Kier molecular flexibility index (Phi) is 3.08. The monoisotopic (exact) mass is 262 g/mol. The van der Waals surface area contributed by atoms with Gasteiger partial charge in [-0.25, -0.2) is 0 Å². The molecule has 1 radical (unpaired) electrons. The van der Waals surface area contributed by atoms with Crippen LogP contribution in [-0.4, -0.2) is 10.9 Å². The Balaban J connectivity index is 1.74. The molecule has 1 nitrogen and oxygen atoms in total. The standard InChI is InChI=1S/C19H20N/c1-3-7-16(8-4-1)19(17-9-5-2-6-10-17)20-14-15-11-12-18(20)13-15/h1-10,14-15,18-19H,11-13H2. The summed E-state index contributed by atoms with van der Waals surface area (Å²) in [6.07, 6.45) is 4.10. The van der Waals surface area contributed by atoms with Crippen LogP contribution in [0.3, 0.4) is 0 Å². The highest BCUT2D eigenvalue weighted by Crippen LogP contribution is 2.46. The van der Waals surface area contributed by atoms with Crippen LogP contribution in [0.2, 0.25) is 0 Å². The Bertz CT molecular complexity index is 523. The normalized spacial score (nSPS) is 25.4. The van der Waals surface area contributed by atoms with Gasteiger partial charge in [0.25, 0.3) is 0 Å². The number of nitrogens with zero attached hydrogens (tertiary/aromatic N) is 1. The molecule has 0 N–H and O–H groups in total. The molecule has 20 heavy (non-hydrogen) atoms. The van der Waals surface area contributed by atoms with Crippen LogP contribution in [-0.2, 0) is 0 Å². The first kappa shape index (κ1) is 12.2. The van der Waals surface area contributed by atoms with Crippen LogP contribution in [0.1, 0.15) is 36.4 Å². The van der Waals surface area contributed by atoms with Crippen molar-refractivity contribution in [2.45, 2.75) is 31.3 Å². The molecule has 101 valence electrons. The fourth-order valence-corrected chi connectivity index (χ4v) is 3.87. The third kappa shape index (κ3) is 2.06. The zero-order chi connectivity index (χ0) is 13.4. The van der Waals surface area contributed by atoms with Gasteiger partial charge in [0.2, 0.25) is 0 Å². The van der Waals surface area contributed by atoms with E-state index in [1.165, 1.54) is 30.4 Å². The second-order valence-electron chi connectivity index (χ2n) is 6.05. The van der Waals surface area contributed by atoms with Crippen molar-refractivity contribution in [3.8, 4) is 0 Å². The van der Waals surface area contributed by atoms with E-state index in [0.717, 1.165) is 12.0 Å². The lowest BCUT2D eigenvalue weighted by atomic mass is 9.95. The fraction of sp³-hybridized carbons (Fsp3) is 0.316. The molecule has 1 saturated heterocycles. The Morgan fingerprint density at radius 2 is 1.40 bits per heavy atom. The lowest BCUT2D eigenvalue weighted by Crippen LogP contribution is -2.33. The summed E-state index contributed by atoms with van der Waals surface area (Å²) in [7, 11) is 0. The van der Waals surface area contributed by atoms with Gasteiger partial charge in [-0.15, -0.1) is 0 Å². The Labute approximate surface area is 121 Å². The van der Waals surface area contributed by atoms with Gasteiger partial charge in [0, 0.05) is 12.6 Å². The molecule has 2 fully saturated rings. The van der Waals surface area contributed by atoms with E-state index in [1.807, 2.05) is 0 Å². The van der Waals surface area contributed by atoms with E-state index in [9.17, 15) is 0 Å². The Morgan fingerprint density at radius 1 is 0.800 bits per heavy atom. The maximum absolute atomic E-state index is 2.62. The molecule has 1 saturated carbocycles. The summed E-state index contributed by atoms with van der Waals surface area (Å²) in [5, 5.41) is 0. The lowest BCUT2D eigenvalue weighted by molar-refractivity contribution is 0.215. The summed E-state index contributed by atoms with van der Waals surface area (Å²) in [6, 6.07) is 23.0. The minimum Gasteiger partial charge on any atom is -0.285 e. The first-order valence-electron chi connectivity index (χ1n) is 7.64. The predicted molar refractivity (Wildman–Crippen MR) is 82.0 cm³/mol. The van der Waals surface area contributed by atoms with E-state index in [0.29, 0.717) is 6.04 Å². The molecule has 1 aliphatic carbocycles. The molecule has 0 spiro atoms. The van der Waals surface area contributed by atoms with Gasteiger partial charge < -0.3 is 0 Å².